The fourth-order valence-electron chi connectivity index (χ4n) is 2.91. The van der Waals surface area contributed by atoms with Gasteiger partial charge in [0.05, 0.1) is 27.2 Å². The van der Waals surface area contributed by atoms with Crippen LogP contribution in [0.5, 0.6) is 0 Å². The van der Waals surface area contributed by atoms with Crippen LogP contribution in [0, 0.1) is 23.2 Å². The van der Waals surface area contributed by atoms with Gasteiger partial charge in [0.15, 0.2) is 9.84 Å². The highest BCUT2D eigenvalue weighted by molar-refractivity contribution is 7.92. The van der Waals surface area contributed by atoms with E-state index in [4.69, 9.17) is 11.6 Å². The molecule has 3 unspecified atom stereocenters. The number of nitrogens with zero attached hydrogens (tertiary/aromatic N) is 1. The number of benzene rings is 1. The minimum atomic E-state index is -3.55. The van der Waals surface area contributed by atoms with Gasteiger partial charge in [-0.15, -0.1) is 0 Å². The van der Waals surface area contributed by atoms with Crippen molar-refractivity contribution in [1.29, 1.82) is 5.26 Å². The van der Waals surface area contributed by atoms with Gasteiger partial charge in [0, 0.05) is 0 Å². The first-order chi connectivity index (χ1) is 9.50. The zero-order chi connectivity index (χ0) is 14.8. The zero-order valence-electron chi connectivity index (χ0n) is 11.4. The summed E-state index contributed by atoms with van der Waals surface area (Å²) in [6, 6.07) is 8.65. The largest absolute Gasteiger partial charge is 0.223 e. The van der Waals surface area contributed by atoms with Crippen molar-refractivity contribution in [2.24, 2.45) is 11.8 Å². The van der Waals surface area contributed by atoms with Crippen molar-refractivity contribution in [3.05, 3.63) is 29.3 Å². The van der Waals surface area contributed by atoms with E-state index in [1.165, 1.54) is 6.07 Å². The average molecular weight is 312 g/mol. The number of rotatable bonds is 3. The van der Waals surface area contributed by atoms with Gasteiger partial charge < -0.3 is 0 Å². The number of sulfone groups is 1. The molecule has 0 heterocycles. The molecule has 1 aliphatic rings. The molecule has 1 aromatic carbocycles. The molecule has 0 radical (unpaired) electrons. The lowest BCUT2D eigenvalue weighted by molar-refractivity contribution is 0.308. The van der Waals surface area contributed by atoms with E-state index in [1.807, 2.05) is 0 Å². The van der Waals surface area contributed by atoms with Gasteiger partial charge >= 0.3 is 0 Å². The van der Waals surface area contributed by atoms with Crippen LogP contribution < -0.4 is 0 Å². The molecule has 1 saturated carbocycles. The Bertz CT molecular complexity index is 621. The van der Waals surface area contributed by atoms with Crippen molar-refractivity contribution in [2.45, 2.75) is 42.8 Å². The van der Waals surface area contributed by atoms with Crippen LogP contribution in [0.25, 0.3) is 0 Å². The molecule has 0 aliphatic heterocycles. The van der Waals surface area contributed by atoms with Crippen molar-refractivity contribution < 1.29 is 8.42 Å². The van der Waals surface area contributed by atoms with E-state index in [0.717, 1.165) is 12.8 Å². The lowest BCUT2D eigenvalue weighted by Crippen LogP contribution is -2.35. The first-order valence-corrected chi connectivity index (χ1v) is 8.81. The molecule has 20 heavy (non-hydrogen) atoms. The molecule has 0 N–H and O–H groups in total. The van der Waals surface area contributed by atoms with Gasteiger partial charge in [-0.25, -0.2) is 8.42 Å². The monoisotopic (exact) mass is 311 g/mol. The Morgan fingerprint density at radius 1 is 1.35 bits per heavy atom. The van der Waals surface area contributed by atoms with Crippen molar-refractivity contribution in [3.63, 3.8) is 0 Å². The van der Waals surface area contributed by atoms with Gasteiger partial charge in [-0.3, -0.25) is 0 Å². The molecule has 1 aliphatic carbocycles. The van der Waals surface area contributed by atoms with Gasteiger partial charge in [0.1, 0.15) is 0 Å². The summed E-state index contributed by atoms with van der Waals surface area (Å²) >= 11 is 6.03. The summed E-state index contributed by atoms with van der Waals surface area (Å²) in [5.41, 5.74) is 0. The lowest BCUT2D eigenvalue weighted by Gasteiger charge is -2.32. The molecule has 0 bridgehead atoms. The summed E-state index contributed by atoms with van der Waals surface area (Å²) in [5, 5.41) is 8.86. The Labute approximate surface area is 125 Å². The van der Waals surface area contributed by atoms with E-state index in [0.29, 0.717) is 18.8 Å². The predicted molar refractivity (Wildman–Crippen MR) is 79.2 cm³/mol. The second-order valence-corrected chi connectivity index (χ2v) is 7.88. The first kappa shape index (κ1) is 15.3. The average Bonchev–Trinajstić information content (AvgIpc) is 2.46. The number of hydrogen-bond acceptors (Lipinski definition) is 3. The topological polar surface area (TPSA) is 57.9 Å². The number of nitriles is 1. The Morgan fingerprint density at radius 2 is 2.05 bits per heavy atom. The Balaban J connectivity index is 2.41. The van der Waals surface area contributed by atoms with Crippen molar-refractivity contribution in [1.82, 2.24) is 0 Å². The molecule has 0 amide bonds. The number of halogens is 1. The fourth-order valence-corrected chi connectivity index (χ4v) is 5.46. The van der Waals surface area contributed by atoms with Gasteiger partial charge in [0.25, 0.3) is 0 Å². The smallest absolute Gasteiger partial charge is 0.184 e. The van der Waals surface area contributed by atoms with Crippen LogP contribution in [-0.4, -0.2) is 13.7 Å². The van der Waals surface area contributed by atoms with E-state index in [9.17, 15) is 13.7 Å². The Morgan fingerprint density at radius 3 is 2.65 bits per heavy atom. The predicted octanol–water partition coefficient (Wildman–Crippen LogP) is 3.83. The maximum absolute atomic E-state index is 12.8. The van der Waals surface area contributed by atoms with Crippen LogP contribution in [-0.2, 0) is 9.84 Å². The third kappa shape index (κ3) is 2.84. The van der Waals surface area contributed by atoms with Crippen LogP contribution in [0.3, 0.4) is 0 Å². The highest BCUT2D eigenvalue weighted by Gasteiger charge is 2.40. The van der Waals surface area contributed by atoms with Gasteiger partial charge in [-0.05, 0) is 37.3 Å². The molecule has 3 nitrogen and oxygen atoms in total. The van der Waals surface area contributed by atoms with Crippen LogP contribution in [0.15, 0.2) is 29.2 Å². The quantitative estimate of drug-likeness (QED) is 0.852. The summed E-state index contributed by atoms with van der Waals surface area (Å²) in [4.78, 5) is 0.156. The van der Waals surface area contributed by atoms with E-state index >= 15 is 0 Å². The highest BCUT2D eigenvalue weighted by Crippen LogP contribution is 2.38. The molecule has 1 aromatic rings. The molecule has 1 fully saturated rings. The van der Waals surface area contributed by atoms with E-state index in [1.54, 1.807) is 18.2 Å². The lowest BCUT2D eigenvalue weighted by atomic mass is 9.81. The van der Waals surface area contributed by atoms with Gasteiger partial charge in [0.2, 0.25) is 0 Å². The molecule has 2 rings (SSSR count). The van der Waals surface area contributed by atoms with Crippen molar-refractivity contribution in [3.8, 4) is 6.07 Å². The summed E-state index contributed by atoms with van der Waals surface area (Å²) in [7, 11) is -3.55. The maximum Gasteiger partial charge on any atom is 0.184 e. The molecule has 108 valence electrons. The molecular formula is C15H18ClNO2S. The Hall–Kier alpha value is -1.05. The zero-order valence-corrected chi connectivity index (χ0v) is 13.0. The summed E-state index contributed by atoms with van der Waals surface area (Å²) in [5.74, 6) is -0.0547. The minimum absolute atomic E-state index is 0.156. The SMILES string of the molecule is CCC1CCC(C#N)C(S(=O)(=O)c2ccccc2Cl)C1. The summed E-state index contributed by atoms with van der Waals surface area (Å²) < 4.78 is 25.6. The molecule has 0 saturated heterocycles. The van der Waals surface area contributed by atoms with Crippen LogP contribution in [0.2, 0.25) is 5.02 Å². The number of hydrogen-bond donors (Lipinski definition) is 0. The molecule has 0 spiro atoms. The molecule has 0 aromatic heterocycles. The van der Waals surface area contributed by atoms with Crippen LogP contribution in [0.4, 0.5) is 0 Å². The Kier molecular flexibility index (Phi) is 4.72. The maximum atomic E-state index is 12.8. The van der Waals surface area contributed by atoms with Crippen LogP contribution >= 0.6 is 11.6 Å². The van der Waals surface area contributed by atoms with Crippen molar-refractivity contribution in [2.75, 3.05) is 0 Å². The third-order valence-electron chi connectivity index (χ3n) is 4.19. The van der Waals surface area contributed by atoms with Gasteiger partial charge in [-0.2, -0.15) is 5.26 Å². The molecule has 3 atom stereocenters. The molecule has 5 heteroatoms. The van der Waals surface area contributed by atoms with Crippen LogP contribution in [0.1, 0.15) is 32.6 Å². The van der Waals surface area contributed by atoms with E-state index < -0.39 is 21.0 Å². The summed E-state index contributed by atoms with van der Waals surface area (Å²) in [6.07, 6.45) is 3.10. The third-order valence-corrected chi connectivity index (χ3v) is 6.91. The second-order valence-electron chi connectivity index (χ2n) is 5.34. The highest BCUT2D eigenvalue weighted by atomic mass is 35.5. The van der Waals surface area contributed by atoms with Gasteiger partial charge in [-0.1, -0.05) is 37.1 Å². The van der Waals surface area contributed by atoms with E-state index in [2.05, 4.69) is 13.0 Å². The normalized spacial score (nSPS) is 26.9. The first-order valence-electron chi connectivity index (χ1n) is 6.88. The summed E-state index contributed by atoms with van der Waals surface area (Å²) in [6.45, 7) is 2.07. The second kappa shape index (κ2) is 6.15. The van der Waals surface area contributed by atoms with E-state index in [-0.39, 0.29) is 9.92 Å². The fraction of sp³-hybridized carbons (Fsp3) is 0.533. The molecular weight excluding hydrogens is 294 g/mol. The standard InChI is InChI=1S/C15H18ClNO2S/c1-2-11-7-8-12(10-17)15(9-11)20(18,19)14-6-4-3-5-13(14)16/h3-6,11-12,15H,2,7-9H2,1H3. The van der Waals surface area contributed by atoms with Crippen molar-refractivity contribution >= 4 is 21.4 Å². The minimum Gasteiger partial charge on any atom is -0.223 e.